The number of benzene rings is 2. The summed E-state index contributed by atoms with van der Waals surface area (Å²) in [4.78, 5) is 15.3. The SMILES string of the molecule is CN=C(NCCc1ccc(NC(C)=O)cc1)NCC(C)Oc1ccccc1C.I. The maximum Gasteiger partial charge on any atom is 0.221 e. The highest BCUT2D eigenvalue weighted by molar-refractivity contribution is 14.0. The molecule has 0 saturated heterocycles. The van der Waals surface area contributed by atoms with E-state index in [1.54, 1.807) is 7.05 Å². The minimum Gasteiger partial charge on any atom is -0.489 e. The molecule has 0 radical (unpaired) electrons. The number of anilines is 1. The van der Waals surface area contributed by atoms with Crippen molar-refractivity contribution < 1.29 is 9.53 Å². The molecule has 0 bridgehead atoms. The molecule has 1 atom stereocenters. The van der Waals surface area contributed by atoms with Crippen molar-refractivity contribution in [3.8, 4) is 5.75 Å². The van der Waals surface area contributed by atoms with Crippen molar-refractivity contribution in [2.75, 3.05) is 25.5 Å². The van der Waals surface area contributed by atoms with Crippen molar-refractivity contribution in [2.45, 2.75) is 33.3 Å². The molecule has 2 aromatic carbocycles. The van der Waals surface area contributed by atoms with Crippen LogP contribution in [-0.2, 0) is 11.2 Å². The number of amides is 1. The molecule has 3 N–H and O–H groups in total. The van der Waals surface area contributed by atoms with Crippen LogP contribution < -0.4 is 20.7 Å². The molecular weight excluding hydrogens is 479 g/mol. The van der Waals surface area contributed by atoms with Gasteiger partial charge in [0.1, 0.15) is 11.9 Å². The van der Waals surface area contributed by atoms with Crippen LogP contribution in [-0.4, -0.2) is 38.1 Å². The summed E-state index contributed by atoms with van der Waals surface area (Å²) in [6, 6.07) is 15.9. The second kappa shape index (κ2) is 13.0. The quantitative estimate of drug-likeness (QED) is 0.288. The average molecular weight is 510 g/mol. The highest BCUT2D eigenvalue weighted by Crippen LogP contribution is 2.17. The first-order valence-electron chi connectivity index (χ1n) is 9.51. The van der Waals surface area contributed by atoms with Gasteiger partial charge in [0.25, 0.3) is 0 Å². The Morgan fingerprint density at radius 3 is 2.41 bits per heavy atom. The molecule has 0 aromatic heterocycles. The van der Waals surface area contributed by atoms with Crippen LogP contribution in [0.4, 0.5) is 5.69 Å². The maximum absolute atomic E-state index is 11.1. The van der Waals surface area contributed by atoms with Gasteiger partial charge in [0.15, 0.2) is 5.96 Å². The molecule has 0 saturated carbocycles. The maximum atomic E-state index is 11.1. The first-order chi connectivity index (χ1) is 13.5. The molecule has 158 valence electrons. The number of hydrogen-bond acceptors (Lipinski definition) is 3. The Labute approximate surface area is 190 Å². The number of aryl methyl sites for hydroxylation is 1. The van der Waals surface area contributed by atoms with E-state index in [-0.39, 0.29) is 36.0 Å². The molecule has 0 aliphatic heterocycles. The number of rotatable bonds is 8. The highest BCUT2D eigenvalue weighted by atomic mass is 127. The molecule has 0 heterocycles. The number of nitrogens with zero attached hydrogens (tertiary/aromatic N) is 1. The number of guanidine groups is 1. The summed E-state index contributed by atoms with van der Waals surface area (Å²) in [6.07, 6.45) is 0.872. The number of nitrogens with one attached hydrogen (secondary N) is 3. The standard InChI is InChI=1S/C22H30N4O2.HI/c1-16-7-5-6-8-21(16)28-17(2)15-25-22(23-4)24-14-13-19-9-11-20(12-10-19)26-18(3)27;/h5-12,17H,13-15H2,1-4H3,(H,26,27)(H2,23,24,25);1H. The Morgan fingerprint density at radius 1 is 1.10 bits per heavy atom. The molecule has 1 amide bonds. The number of para-hydroxylation sites is 1. The van der Waals surface area contributed by atoms with Crippen LogP contribution in [0.2, 0.25) is 0 Å². The van der Waals surface area contributed by atoms with Gasteiger partial charge < -0.3 is 20.7 Å². The molecule has 0 aliphatic carbocycles. The summed E-state index contributed by atoms with van der Waals surface area (Å²) in [5.41, 5.74) is 3.12. The Bertz CT molecular complexity index is 794. The molecular formula is C22H31IN4O2. The molecule has 6 nitrogen and oxygen atoms in total. The number of ether oxygens (including phenoxy) is 1. The van der Waals surface area contributed by atoms with Gasteiger partial charge in [0.2, 0.25) is 5.91 Å². The fraction of sp³-hybridized carbons (Fsp3) is 0.364. The van der Waals surface area contributed by atoms with Gasteiger partial charge in [-0.3, -0.25) is 9.79 Å². The van der Waals surface area contributed by atoms with E-state index in [4.69, 9.17) is 4.74 Å². The van der Waals surface area contributed by atoms with Crippen LogP contribution >= 0.6 is 24.0 Å². The molecule has 0 fully saturated rings. The van der Waals surface area contributed by atoms with E-state index in [0.29, 0.717) is 6.54 Å². The second-order valence-electron chi connectivity index (χ2n) is 6.70. The van der Waals surface area contributed by atoms with Gasteiger partial charge in [-0.05, 0) is 49.6 Å². The zero-order valence-electron chi connectivity index (χ0n) is 17.5. The first kappa shape index (κ1) is 24.7. The Morgan fingerprint density at radius 2 is 1.79 bits per heavy atom. The third-order valence-electron chi connectivity index (χ3n) is 4.18. The van der Waals surface area contributed by atoms with Gasteiger partial charge >= 0.3 is 0 Å². The zero-order chi connectivity index (χ0) is 20.4. The first-order valence-corrected chi connectivity index (χ1v) is 9.51. The van der Waals surface area contributed by atoms with E-state index >= 15 is 0 Å². The van der Waals surface area contributed by atoms with Gasteiger partial charge in [-0.15, -0.1) is 24.0 Å². The van der Waals surface area contributed by atoms with Crippen LogP contribution in [0.25, 0.3) is 0 Å². The van der Waals surface area contributed by atoms with Crippen molar-refractivity contribution in [3.63, 3.8) is 0 Å². The van der Waals surface area contributed by atoms with E-state index in [9.17, 15) is 4.79 Å². The number of halogens is 1. The fourth-order valence-electron chi connectivity index (χ4n) is 2.69. The van der Waals surface area contributed by atoms with Crippen LogP contribution in [0.15, 0.2) is 53.5 Å². The summed E-state index contributed by atoms with van der Waals surface area (Å²) in [5.74, 6) is 1.59. The van der Waals surface area contributed by atoms with Gasteiger partial charge in [0, 0.05) is 26.2 Å². The van der Waals surface area contributed by atoms with Gasteiger partial charge in [-0.1, -0.05) is 30.3 Å². The summed E-state index contributed by atoms with van der Waals surface area (Å²) in [7, 11) is 1.75. The molecule has 29 heavy (non-hydrogen) atoms. The molecule has 2 rings (SSSR count). The fourth-order valence-corrected chi connectivity index (χ4v) is 2.69. The van der Waals surface area contributed by atoms with Crippen LogP contribution in [0.3, 0.4) is 0 Å². The van der Waals surface area contributed by atoms with Crippen LogP contribution in [0.1, 0.15) is 25.0 Å². The number of hydrogen-bond donors (Lipinski definition) is 3. The summed E-state index contributed by atoms with van der Waals surface area (Å²) < 4.78 is 5.98. The summed E-state index contributed by atoms with van der Waals surface area (Å²) >= 11 is 0. The number of carbonyl (C=O) groups is 1. The smallest absolute Gasteiger partial charge is 0.221 e. The van der Waals surface area contributed by atoms with Crippen LogP contribution in [0.5, 0.6) is 5.75 Å². The van der Waals surface area contributed by atoms with E-state index in [1.807, 2.05) is 62.4 Å². The average Bonchev–Trinajstić information content (AvgIpc) is 2.67. The zero-order valence-corrected chi connectivity index (χ0v) is 19.8. The monoisotopic (exact) mass is 510 g/mol. The lowest BCUT2D eigenvalue weighted by Gasteiger charge is -2.18. The molecule has 7 heteroatoms. The Balaban J connectivity index is 0.00000420. The van der Waals surface area contributed by atoms with Crippen molar-refractivity contribution in [3.05, 3.63) is 59.7 Å². The van der Waals surface area contributed by atoms with E-state index < -0.39 is 0 Å². The number of aliphatic imine (C=N–C) groups is 1. The minimum atomic E-state index is -0.0649. The lowest BCUT2D eigenvalue weighted by Crippen LogP contribution is -2.42. The predicted octanol–water partition coefficient (Wildman–Crippen LogP) is 3.75. The van der Waals surface area contributed by atoms with Crippen molar-refractivity contribution in [1.82, 2.24) is 10.6 Å². The molecule has 1 unspecified atom stereocenters. The Kier molecular flexibility index (Phi) is 11.1. The van der Waals surface area contributed by atoms with Crippen LogP contribution in [0, 0.1) is 6.92 Å². The van der Waals surface area contributed by atoms with Crippen molar-refractivity contribution in [1.29, 1.82) is 0 Å². The van der Waals surface area contributed by atoms with E-state index in [0.717, 1.165) is 35.9 Å². The molecule has 0 spiro atoms. The second-order valence-corrected chi connectivity index (χ2v) is 6.70. The number of carbonyl (C=O) groups excluding carboxylic acids is 1. The van der Waals surface area contributed by atoms with Crippen molar-refractivity contribution >= 4 is 41.5 Å². The van der Waals surface area contributed by atoms with Gasteiger partial charge in [0.05, 0.1) is 6.54 Å². The predicted molar refractivity (Wildman–Crippen MR) is 130 cm³/mol. The normalized spacial score (nSPS) is 11.8. The van der Waals surface area contributed by atoms with Gasteiger partial charge in [-0.2, -0.15) is 0 Å². The largest absolute Gasteiger partial charge is 0.489 e. The third kappa shape index (κ3) is 9.17. The lowest BCUT2D eigenvalue weighted by molar-refractivity contribution is -0.114. The summed E-state index contributed by atoms with van der Waals surface area (Å²) in [5, 5.41) is 9.37. The van der Waals surface area contributed by atoms with Crippen molar-refractivity contribution in [2.24, 2.45) is 4.99 Å². The Hall–Kier alpha value is -2.29. The van der Waals surface area contributed by atoms with E-state index in [2.05, 4.69) is 20.9 Å². The van der Waals surface area contributed by atoms with E-state index in [1.165, 1.54) is 12.5 Å². The van der Waals surface area contributed by atoms with Gasteiger partial charge in [-0.25, -0.2) is 0 Å². The minimum absolute atomic E-state index is 0. The topological polar surface area (TPSA) is 74.8 Å². The third-order valence-corrected chi connectivity index (χ3v) is 4.18. The highest BCUT2D eigenvalue weighted by Gasteiger charge is 2.07. The molecule has 2 aromatic rings. The lowest BCUT2D eigenvalue weighted by atomic mass is 10.1. The molecule has 0 aliphatic rings. The summed E-state index contributed by atoms with van der Waals surface area (Å²) in [6.45, 7) is 6.98.